The van der Waals surface area contributed by atoms with Gasteiger partial charge in [-0.25, -0.2) is 9.65 Å². The van der Waals surface area contributed by atoms with Crippen LogP contribution in [0.25, 0.3) is 0 Å². The van der Waals surface area contributed by atoms with Crippen molar-refractivity contribution in [2.45, 2.75) is 62.9 Å². The molecule has 0 saturated carbocycles. The van der Waals surface area contributed by atoms with Crippen LogP contribution in [0.2, 0.25) is 0 Å². The Morgan fingerprint density at radius 2 is 2.14 bits per heavy atom. The first-order valence-corrected chi connectivity index (χ1v) is 8.98. The Labute approximate surface area is 136 Å². The molecule has 0 spiro atoms. The number of carbonyl (C=O) groups is 1. The van der Waals surface area contributed by atoms with Gasteiger partial charge in [0.05, 0.1) is 17.6 Å². The highest BCUT2D eigenvalue weighted by atomic mass is 35.5. The fourth-order valence-corrected chi connectivity index (χ4v) is 4.33. The predicted octanol–water partition coefficient (Wildman–Crippen LogP) is 1.33. The van der Waals surface area contributed by atoms with Crippen LogP contribution in [0.5, 0.6) is 0 Å². The van der Waals surface area contributed by atoms with E-state index in [2.05, 4.69) is 5.09 Å². The van der Waals surface area contributed by atoms with E-state index in [1.165, 1.54) is 6.92 Å². The van der Waals surface area contributed by atoms with Gasteiger partial charge in [-0.3, -0.25) is 13.8 Å². The molecule has 0 aliphatic carbocycles. The molecule has 1 N–H and O–H groups in total. The number of nitrogens with one attached hydrogen (secondary N) is 1. The van der Waals surface area contributed by atoms with E-state index in [-0.39, 0.29) is 12.7 Å². The Hall–Kier alpha value is -0.105. The third-order valence-corrected chi connectivity index (χ3v) is 5.62. The molecule has 0 aromatic rings. The van der Waals surface area contributed by atoms with Crippen LogP contribution in [0.1, 0.15) is 27.7 Å². The van der Waals surface area contributed by atoms with Crippen molar-refractivity contribution in [3.63, 3.8) is 0 Å². The van der Waals surface area contributed by atoms with Crippen LogP contribution in [-0.4, -0.2) is 55.7 Å². The van der Waals surface area contributed by atoms with E-state index in [0.29, 0.717) is 0 Å². The number of ether oxygens (including phenoxy) is 2. The van der Waals surface area contributed by atoms with E-state index in [4.69, 9.17) is 38.0 Å². The SMILES string of the molecule is [B][C@@H]1O[C@@H]2COP(=O)(N[C@H](C)C(=O)OC(C)C)O[C@H]2[C@@]1(C)Cl. The van der Waals surface area contributed by atoms with E-state index < -0.39 is 42.8 Å². The lowest BCUT2D eigenvalue weighted by Gasteiger charge is -2.36. The van der Waals surface area contributed by atoms with Crippen LogP contribution in [-0.2, 0) is 27.9 Å². The maximum Gasteiger partial charge on any atom is 0.406 e. The first-order chi connectivity index (χ1) is 10.0. The van der Waals surface area contributed by atoms with Gasteiger partial charge in [-0.1, -0.05) is 0 Å². The third kappa shape index (κ3) is 3.69. The summed E-state index contributed by atoms with van der Waals surface area (Å²) >= 11 is 6.32. The predicted molar refractivity (Wildman–Crippen MR) is 80.9 cm³/mol. The highest BCUT2D eigenvalue weighted by molar-refractivity contribution is 7.51. The van der Waals surface area contributed by atoms with Crippen molar-refractivity contribution in [3.8, 4) is 0 Å². The fourth-order valence-electron chi connectivity index (χ4n) is 2.26. The second kappa shape index (κ2) is 6.42. The number of rotatable bonds is 4. The molecule has 0 amide bonds. The van der Waals surface area contributed by atoms with Gasteiger partial charge in [0.1, 0.15) is 26.1 Å². The van der Waals surface area contributed by atoms with E-state index in [1.807, 2.05) is 0 Å². The number of esters is 1. The molecule has 2 aliphatic rings. The number of hydrogen-bond acceptors (Lipinski definition) is 6. The van der Waals surface area contributed by atoms with Gasteiger partial charge in [-0.15, -0.1) is 11.6 Å². The van der Waals surface area contributed by atoms with Crippen molar-refractivity contribution in [2.24, 2.45) is 0 Å². The van der Waals surface area contributed by atoms with Gasteiger partial charge >= 0.3 is 13.7 Å². The molecule has 0 aromatic heterocycles. The van der Waals surface area contributed by atoms with E-state index in [0.717, 1.165) is 0 Å². The zero-order chi connectivity index (χ0) is 16.7. The summed E-state index contributed by atoms with van der Waals surface area (Å²) in [5, 5.41) is 2.55. The molecular weight excluding hydrogens is 331 g/mol. The summed E-state index contributed by atoms with van der Waals surface area (Å²) in [4.78, 5) is 10.8. The van der Waals surface area contributed by atoms with Crippen molar-refractivity contribution in [3.05, 3.63) is 0 Å². The molecule has 0 aromatic carbocycles. The zero-order valence-corrected chi connectivity index (χ0v) is 14.6. The van der Waals surface area contributed by atoms with Gasteiger partial charge in [-0.05, 0) is 27.7 Å². The Morgan fingerprint density at radius 3 is 2.73 bits per heavy atom. The lowest BCUT2D eigenvalue weighted by Crippen LogP contribution is -2.47. The van der Waals surface area contributed by atoms with E-state index in [9.17, 15) is 9.36 Å². The highest BCUT2D eigenvalue weighted by Crippen LogP contribution is 2.55. The Morgan fingerprint density at radius 1 is 1.50 bits per heavy atom. The summed E-state index contributed by atoms with van der Waals surface area (Å²) in [5.41, 5.74) is 0. The van der Waals surface area contributed by atoms with Gasteiger partial charge in [0, 0.05) is 6.00 Å². The molecule has 10 heteroatoms. The minimum atomic E-state index is -3.71. The quantitative estimate of drug-likeness (QED) is 0.354. The van der Waals surface area contributed by atoms with E-state index >= 15 is 0 Å². The minimum Gasteiger partial charge on any atom is -0.462 e. The van der Waals surface area contributed by atoms with Crippen LogP contribution in [0.4, 0.5) is 0 Å². The van der Waals surface area contributed by atoms with Crippen molar-refractivity contribution >= 4 is 33.2 Å². The Kier molecular flexibility index (Phi) is 5.32. The van der Waals surface area contributed by atoms with Crippen LogP contribution >= 0.6 is 19.3 Å². The van der Waals surface area contributed by atoms with Gasteiger partial charge < -0.3 is 9.47 Å². The van der Waals surface area contributed by atoms with Crippen molar-refractivity contribution in [2.75, 3.05) is 6.61 Å². The van der Waals surface area contributed by atoms with Gasteiger partial charge in [0.2, 0.25) is 0 Å². The van der Waals surface area contributed by atoms with Crippen LogP contribution in [0, 0.1) is 0 Å². The molecule has 2 fully saturated rings. The molecule has 2 aliphatic heterocycles. The summed E-state index contributed by atoms with van der Waals surface area (Å²) < 4.78 is 33.8. The highest BCUT2D eigenvalue weighted by Gasteiger charge is 2.57. The Balaban J connectivity index is 2.03. The number of hydrogen-bond donors (Lipinski definition) is 1. The Bertz CT molecular complexity index is 490. The number of halogens is 1. The van der Waals surface area contributed by atoms with Crippen LogP contribution < -0.4 is 5.09 Å². The summed E-state index contributed by atoms with van der Waals surface area (Å²) in [6.45, 7) is 6.62. The third-order valence-electron chi connectivity index (χ3n) is 3.49. The molecule has 2 heterocycles. The second-order valence-corrected chi connectivity index (χ2v) is 8.44. The normalized spacial score (nSPS) is 42.9. The molecule has 2 rings (SSSR count). The van der Waals surface area contributed by atoms with Crippen LogP contribution in [0.3, 0.4) is 0 Å². The smallest absolute Gasteiger partial charge is 0.406 e. The molecule has 22 heavy (non-hydrogen) atoms. The maximum atomic E-state index is 12.7. The minimum absolute atomic E-state index is 0.0108. The molecule has 6 atom stereocenters. The molecule has 1 unspecified atom stereocenters. The number of carbonyl (C=O) groups excluding carboxylic acids is 1. The fraction of sp³-hybridized carbons (Fsp3) is 0.917. The topological polar surface area (TPSA) is 83.1 Å². The number of fused-ring (bicyclic) bond motifs is 1. The first-order valence-electron chi connectivity index (χ1n) is 7.06. The molecular formula is C12H20BClNO6P. The summed E-state index contributed by atoms with van der Waals surface area (Å²) in [7, 11) is 2.08. The summed E-state index contributed by atoms with van der Waals surface area (Å²) in [6.07, 6.45) is -1.48. The average molecular weight is 352 g/mol. The summed E-state index contributed by atoms with van der Waals surface area (Å²) in [5.74, 6) is -0.549. The van der Waals surface area contributed by atoms with E-state index in [1.54, 1.807) is 20.8 Å². The zero-order valence-electron chi connectivity index (χ0n) is 12.9. The maximum absolute atomic E-state index is 12.7. The molecule has 0 bridgehead atoms. The van der Waals surface area contributed by atoms with Gasteiger partial charge in [-0.2, -0.15) is 0 Å². The van der Waals surface area contributed by atoms with Crippen LogP contribution in [0.15, 0.2) is 0 Å². The van der Waals surface area contributed by atoms with Gasteiger partial charge in [0.15, 0.2) is 0 Å². The number of alkyl halides is 1. The largest absolute Gasteiger partial charge is 0.462 e. The molecule has 124 valence electrons. The lowest BCUT2D eigenvalue weighted by atomic mass is 9.85. The molecule has 2 radical (unpaired) electrons. The molecule has 2 saturated heterocycles. The average Bonchev–Trinajstić information content (AvgIpc) is 2.60. The van der Waals surface area contributed by atoms with Crippen molar-refractivity contribution in [1.29, 1.82) is 0 Å². The monoisotopic (exact) mass is 351 g/mol. The van der Waals surface area contributed by atoms with Crippen molar-refractivity contribution in [1.82, 2.24) is 5.09 Å². The van der Waals surface area contributed by atoms with Gasteiger partial charge in [0.25, 0.3) is 0 Å². The van der Waals surface area contributed by atoms with Crippen molar-refractivity contribution < 1.29 is 27.9 Å². The standard InChI is InChI=1S/C12H20BClNO6P/c1-6(2)19-10(16)7(3)15-22(17)18-5-8-9(21-22)12(4,14)11(13)20-8/h6-9,11H,5H2,1-4H3,(H,15,17)/t7-,8-,9-,11-,12-,22?/m1/s1. The lowest BCUT2D eigenvalue weighted by molar-refractivity contribution is -0.149. The second-order valence-electron chi connectivity index (χ2n) is 5.90. The first kappa shape index (κ1) is 18.2. The molecule has 7 nitrogen and oxygen atoms in total. The summed E-state index contributed by atoms with van der Waals surface area (Å²) in [6, 6.07) is -1.62.